The third-order valence-corrected chi connectivity index (χ3v) is 5.09. The Hall–Kier alpha value is -3.46. The molecule has 1 aromatic carbocycles. The van der Waals surface area contributed by atoms with Crippen molar-refractivity contribution >= 4 is 5.91 Å². The van der Waals surface area contributed by atoms with Crippen LogP contribution in [0.4, 0.5) is 0 Å². The van der Waals surface area contributed by atoms with Gasteiger partial charge in [0.25, 0.3) is 11.5 Å². The number of hydrogen-bond donors (Lipinski definition) is 1. The van der Waals surface area contributed by atoms with Gasteiger partial charge in [0.2, 0.25) is 0 Å². The highest BCUT2D eigenvalue weighted by Crippen LogP contribution is 2.29. The van der Waals surface area contributed by atoms with E-state index < -0.39 is 11.5 Å². The molecule has 1 N–H and O–H groups in total. The van der Waals surface area contributed by atoms with Crippen LogP contribution < -0.4 is 15.6 Å². The van der Waals surface area contributed by atoms with Gasteiger partial charge in [0.1, 0.15) is 17.0 Å². The number of aromatic nitrogens is 4. The van der Waals surface area contributed by atoms with Crippen LogP contribution in [0.25, 0.3) is 16.9 Å². The molecular formula is C22H25N5O4. The summed E-state index contributed by atoms with van der Waals surface area (Å²) in [6.45, 7) is 2.86. The standard InChI is InChI=1S/C22H25N5O4/c1-14(13-30-3)24-21(28)18-10-19(15-6-7-20-16(9-15)5-4-8-31-20)25-27(22(18)29)17-11-23-26(2)12-17/h6-7,9-12,14H,4-5,8,13H2,1-3H3,(H,24,28)/t14-/m0/s1. The van der Waals surface area contributed by atoms with E-state index in [0.29, 0.717) is 24.6 Å². The summed E-state index contributed by atoms with van der Waals surface area (Å²) in [5.74, 6) is 0.388. The first-order valence-electron chi connectivity index (χ1n) is 10.2. The van der Waals surface area contributed by atoms with Crippen LogP contribution in [0.3, 0.4) is 0 Å². The molecule has 162 valence electrons. The lowest BCUT2D eigenvalue weighted by Gasteiger charge is -2.18. The Balaban J connectivity index is 1.81. The number of ether oxygens (including phenoxy) is 2. The van der Waals surface area contributed by atoms with Gasteiger partial charge in [-0.05, 0) is 49.6 Å². The molecule has 2 aromatic heterocycles. The molecule has 0 radical (unpaired) electrons. The number of amides is 1. The number of rotatable bonds is 6. The summed E-state index contributed by atoms with van der Waals surface area (Å²) in [6.07, 6.45) is 5.07. The van der Waals surface area contributed by atoms with Gasteiger partial charge >= 0.3 is 0 Å². The third-order valence-electron chi connectivity index (χ3n) is 5.09. The molecule has 9 heteroatoms. The fraction of sp³-hybridized carbons (Fsp3) is 0.364. The summed E-state index contributed by atoms with van der Waals surface area (Å²) in [4.78, 5) is 26.0. The molecular weight excluding hydrogens is 398 g/mol. The van der Waals surface area contributed by atoms with Gasteiger partial charge in [-0.1, -0.05) is 0 Å². The number of hydrogen-bond acceptors (Lipinski definition) is 6. The van der Waals surface area contributed by atoms with Crippen molar-refractivity contribution in [1.82, 2.24) is 24.9 Å². The van der Waals surface area contributed by atoms with Gasteiger partial charge in [-0.15, -0.1) is 0 Å². The molecule has 9 nitrogen and oxygen atoms in total. The van der Waals surface area contributed by atoms with E-state index in [1.54, 1.807) is 25.0 Å². The highest BCUT2D eigenvalue weighted by atomic mass is 16.5. The Kier molecular flexibility index (Phi) is 5.85. The van der Waals surface area contributed by atoms with Crippen LogP contribution in [0.5, 0.6) is 5.75 Å². The van der Waals surface area contributed by atoms with Crippen LogP contribution in [-0.4, -0.2) is 51.8 Å². The third kappa shape index (κ3) is 4.36. The van der Waals surface area contributed by atoms with E-state index in [-0.39, 0.29) is 11.6 Å². The molecule has 0 spiro atoms. The van der Waals surface area contributed by atoms with Gasteiger partial charge in [0.15, 0.2) is 0 Å². The largest absolute Gasteiger partial charge is 0.493 e. The molecule has 3 aromatic rings. The van der Waals surface area contributed by atoms with Crippen LogP contribution in [0.15, 0.2) is 41.5 Å². The molecule has 0 bridgehead atoms. The maximum absolute atomic E-state index is 13.1. The van der Waals surface area contributed by atoms with Crippen LogP contribution in [0, 0.1) is 0 Å². The Morgan fingerprint density at radius 3 is 2.94 bits per heavy atom. The van der Waals surface area contributed by atoms with Crippen molar-refractivity contribution in [1.29, 1.82) is 0 Å². The Bertz CT molecular complexity index is 1170. The Morgan fingerprint density at radius 2 is 2.19 bits per heavy atom. The van der Waals surface area contributed by atoms with Gasteiger partial charge in [-0.3, -0.25) is 14.3 Å². The first kappa shape index (κ1) is 20.8. The average molecular weight is 423 g/mol. The van der Waals surface area contributed by atoms with Gasteiger partial charge in [0.05, 0.1) is 31.3 Å². The van der Waals surface area contributed by atoms with E-state index in [0.717, 1.165) is 29.7 Å². The second kappa shape index (κ2) is 8.73. The maximum Gasteiger partial charge on any atom is 0.284 e. The lowest BCUT2D eigenvalue weighted by Crippen LogP contribution is -2.39. The molecule has 1 atom stereocenters. The first-order valence-corrected chi connectivity index (χ1v) is 10.2. The minimum atomic E-state index is -0.514. The zero-order valence-electron chi connectivity index (χ0n) is 17.8. The normalized spacial score (nSPS) is 13.9. The summed E-state index contributed by atoms with van der Waals surface area (Å²) in [6, 6.07) is 7.09. The highest BCUT2D eigenvalue weighted by molar-refractivity contribution is 5.95. The monoisotopic (exact) mass is 423 g/mol. The molecule has 0 saturated carbocycles. The van der Waals surface area contributed by atoms with Gasteiger partial charge in [-0.25, -0.2) is 0 Å². The summed E-state index contributed by atoms with van der Waals surface area (Å²) >= 11 is 0. The number of carbonyl (C=O) groups is 1. The molecule has 0 fully saturated rings. The summed E-state index contributed by atoms with van der Waals surface area (Å²) < 4.78 is 13.6. The van der Waals surface area contributed by atoms with E-state index in [1.165, 1.54) is 16.9 Å². The predicted molar refractivity (Wildman–Crippen MR) is 115 cm³/mol. The number of nitrogens with zero attached hydrogens (tertiary/aromatic N) is 4. The van der Waals surface area contributed by atoms with E-state index in [4.69, 9.17) is 9.47 Å². The summed E-state index contributed by atoms with van der Waals surface area (Å²) in [5.41, 5.74) is 2.38. The van der Waals surface area contributed by atoms with Gasteiger partial charge in [-0.2, -0.15) is 14.9 Å². The lowest BCUT2D eigenvalue weighted by molar-refractivity contribution is 0.0903. The molecule has 4 rings (SSSR count). The molecule has 1 aliphatic rings. The Morgan fingerprint density at radius 1 is 1.35 bits per heavy atom. The van der Waals surface area contributed by atoms with Gasteiger partial charge in [0, 0.05) is 25.8 Å². The smallest absolute Gasteiger partial charge is 0.284 e. The average Bonchev–Trinajstić information content (AvgIpc) is 3.19. The van der Waals surface area contributed by atoms with Gasteiger partial charge < -0.3 is 14.8 Å². The van der Waals surface area contributed by atoms with Crippen molar-refractivity contribution in [3.8, 4) is 22.7 Å². The number of carbonyl (C=O) groups excluding carboxylic acids is 1. The SMILES string of the molecule is COC[C@H](C)NC(=O)c1cc(-c2ccc3c(c2)CCCO3)nn(-c2cnn(C)c2)c1=O. The summed E-state index contributed by atoms with van der Waals surface area (Å²) in [7, 11) is 3.31. The maximum atomic E-state index is 13.1. The fourth-order valence-corrected chi connectivity index (χ4v) is 3.60. The van der Waals surface area contributed by atoms with Crippen LogP contribution >= 0.6 is 0 Å². The van der Waals surface area contributed by atoms with Crippen molar-refractivity contribution in [3.05, 3.63) is 58.1 Å². The van der Waals surface area contributed by atoms with Crippen molar-refractivity contribution in [2.45, 2.75) is 25.8 Å². The number of nitrogens with one attached hydrogen (secondary N) is 1. The topological polar surface area (TPSA) is 100 Å². The van der Waals surface area contributed by atoms with Crippen molar-refractivity contribution in [2.75, 3.05) is 20.3 Å². The Labute approximate surface area is 179 Å². The number of benzene rings is 1. The number of fused-ring (bicyclic) bond motifs is 1. The van der Waals surface area contributed by atoms with Crippen molar-refractivity contribution < 1.29 is 14.3 Å². The first-order chi connectivity index (χ1) is 15.0. The van der Waals surface area contributed by atoms with Crippen LogP contribution in [0.1, 0.15) is 29.3 Å². The predicted octanol–water partition coefficient (Wildman–Crippen LogP) is 1.72. The molecule has 0 unspecified atom stereocenters. The fourth-order valence-electron chi connectivity index (χ4n) is 3.60. The molecule has 1 aliphatic heterocycles. The van der Waals surface area contributed by atoms with E-state index in [1.807, 2.05) is 25.1 Å². The number of aryl methyl sites for hydroxylation is 2. The van der Waals surface area contributed by atoms with Crippen LogP contribution in [0.2, 0.25) is 0 Å². The van der Waals surface area contributed by atoms with Crippen molar-refractivity contribution in [3.63, 3.8) is 0 Å². The van der Waals surface area contributed by atoms with E-state index in [2.05, 4.69) is 15.5 Å². The second-order valence-corrected chi connectivity index (χ2v) is 7.64. The minimum Gasteiger partial charge on any atom is -0.493 e. The zero-order valence-corrected chi connectivity index (χ0v) is 17.8. The molecule has 1 amide bonds. The molecule has 0 saturated heterocycles. The zero-order chi connectivity index (χ0) is 22.0. The highest BCUT2D eigenvalue weighted by Gasteiger charge is 2.20. The molecule has 0 aliphatic carbocycles. The van der Waals surface area contributed by atoms with E-state index in [9.17, 15) is 9.59 Å². The molecule has 31 heavy (non-hydrogen) atoms. The second-order valence-electron chi connectivity index (χ2n) is 7.64. The van der Waals surface area contributed by atoms with Crippen LogP contribution in [-0.2, 0) is 18.2 Å². The molecule has 3 heterocycles. The minimum absolute atomic E-state index is 0.00535. The summed E-state index contributed by atoms with van der Waals surface area (Å²) in [5, 5.41) is 11.5. The quantitative estimate of drug-likeness (QED) is 0.648. The lowest BCUT2D eigenvalue weighted by atomic mass is 10.0. The van der Waals surface area contributed by atoms with Crippen molar-refractivity contribution in [2.24, 2.45) is 7.05 Å². The number of methoxy groups -OCH3 is 1. The van der Waals surface area contributed by atoms with E-state index >= 15 is 0 Å².